The van der Waals surface area contributed by atoms with Gasteiger partial charge in [-0.05, 0) is 24.3 Å². The molecule has 1 aliphatic heterocycles. The maximum atomic E-state index is 13.1. The minimum Gasteiger partial charge on any atom is -0.396 e. The summed E-state index contributed by atoms with van der Waals surface area (Å²) in [5.41, 5.74) is 0.0357. The number of sulfonamides is 1. The molecule has 0 amide bonds. The maximum Gasteiger partial charge on any atom is 0.264 e. The van der Waals surface area contributed by atoms with Crippen molar-refractivity contribution in [3.05, 3.63) is 60.7 Å². The van der Waals surface area contributed by atoms with Crippen molar-refractivity contribution in [1.29, 1.82) is 0 Å². The highest BCUT2D eigenvalue weighted by molar-refractivity contribution is 7.92. The van der Waals surface area contributed by atoms with Crippen molar-refractivity contribution in [3.63, 3.8) is 0 Å². The number of nitrogens with zero attached hydrogens (tertiary/aromatic N) is 1. The van der Waals surface area contributed by atoms with E-state index in [1.807, 2.05) is 6.07 Å². The highest BCUT2D eigenvalue weighted by Gasteiger charge is 2.42. The van der Waals surface area contributed by atoms with Gasteiger partial charge in [-0.3, -0.25) is 4.31 Å². The van der Waals surface area contributed by atoms with E-state index in [1.165, 1.54) is 4.31 Å². The smallest absolute Gasteiger partial charge is 0.264 e. The van der Waals surface area contributed by atoms with E-state index in [-0.39, 0.29) is 18.0 Å². The monoisotopic (exact) mass is 333 g/mol. The number of hydrogen-bond donors (Lipinski definition) is 1. The third kappa shape index (κ3) is 3.10. The molecule has 0 aliphatic carbocycles. The lowest BCUT2D eigenvalue weighted by Crippen LogP contribution is -2.54. The standard InChI is InChI=1S/C17H19NO4S/c19-12-17(13-22-14-17)11-18(15-7-3-1-4-8-15)23(20,21)16-9-5-2-6-10-16/h1-10,19H,11-14H2. The molecular weight excluding hydrogens is 314 g/mol. The zero-order chi connectivity index (χ0) is 16.3. The molecule has 0 bridgehead atoms. The number of para-hydroxylation sites is 1. The van der Waals surface area contributed by atoms with Crippen LogP contribution in [0.5, 0.6) is 0 Å². The van der Waals surface area contributed by atoms with Crippen molar-refractivity contribution in [2.24, 2.45) is 5.41 Å². The Morgan fingerprint density at radius 3 is 2.04 bits per heavy atom. The highest BCUT2D eigenvalue weighted by atomic mass is 32.2. The lowest BCUT2D eigenvalue weighted by Gasteiger charge is -2.43. The van der Waals surface area contributed by atoms with Crippen molar-refractivity contribution in [2.45, 2.75) is 4.90 Å². The molecule has 1 heterocycles. The normalized spacial score (nSPS) is 16.6. The van der Waals surface area contributed by atoms with Crippen molar-refractivity contribution in [1.82, 2.24) is 0 Å². The van der Waals surface area contributed by atoms with E-state index in [1.54, 1.807) is 54.6 Å². The molecule has 1 aliphatic rings. The van der Waals surface area contributed by atoms with Crippen LogP contribution in [0.15, 0.2) is 65.6 Å². The number of benzene rings is 2. The van der Waals surface area contributed by atoms with Crippen LogP contribution in [0.3, 0.4) is 0 Å². The van der Waals surface area contributed by atoms with Crippen molar-refractivity contribution >= 4 is 15.7 Å². The van der Waals surface area contributed by atoms with Gasteiger partial charge in [-0.15, -0.1) is 0 Å². The summed E-state index contributed by atoms with van der Waals surface area (Å²) in [7, 11) is -3.71. The molecule has 1 N–H and O–H groups in total. The predicted octanol–water partition coefficient (Wildman–Crippen LogP) is 1.89. The molecule has 0 saturated carbocycles. The summed E-state index contributed by atoms with van der Waals surface area (Å²) in [4.78, 5) is 0.234. The molecule has 1 saturated heterocycles. The Labute approximate surface area is 136 Å². The summed E-state index contributed by atoms with van der Waals surface area (Å²) in [6, 6.07) is 17.3. The van der Waals surface area contributed by atoms with Crippen molar-refractivity contribution in [3.8, 4) is 0 Å². The summed E-state index contributed by atoms with van der Waals surface area (Å²) in [6.07, 6.45) is 0. The van der Waals surface area contributed by atoms with Gasteiger partial charge >= 0.3 is 0 Å². The first kappa shape index (κ1) is 16.0. The fourth-order valence-electron chi connectivity index (χ4n) is 2.56. The van der Waals surface area contributed by atoms with E-state index >= 15 is 0 Å². The number of rotatable bonds is 6. The molecule has 0 spiro atoms. The molecule has 2 aromatic carbocycles. The maximum absolute atomic E-state index is 13.1. The predicted molar refractivity (Wildman–Crippen MR) is 87.8 cm³/mol. The molecule has 0 atom stereocenters. The number of aliphatic hydroxyl groups is 1. The lowest BCUT2D eigenvalue weighted by atomic mass is 9.87. The third-order valence-corrected chi connectivity index (χ3v) is 5.79. The van der Waals surface area contributed by atoms with Gasteiger partial charge in [-0.25, -0.2) is 8.42 Å². The summed E-state index contributed by atoms with van der Waals surface area (Å²) in [5, 5.41) is 9.67. The van der Waals surface area contributed by atoms with Crippen LogP contribution in [0.2, 0.25) is 0 Å². The van der Waals surface area contributed by atoms with Crippen LogP contribution >= 0.6 is 0 Å². The zero-order valence-corrected chi connectivity index (χ0v) is 13.4. The second-order valence-corrected chi connectivity index (χ2v) is 7.67. The average Bonchev–Trinajstić information content (AvgIpc) is 2.56. The Morgan fingerprint density at radius 2 is 1.57 bits per heavy atom. The second kappa shape index (κ2) is 6.31. The molecule has 2 aromatic rings. The zero-order valence-electron chi connectivity index (χ0n) is 12.6. The fraction of sp³-hybridized carbons (Fsp3) is 0.294. The summed E-state index contributed by atoms with van der Waals surface area (Å²) in [5.74, 6) is 0. The Bertz CT molecular complexity index is 737. The van der Waals surface area contributed by atoms with E-state index < -0.39 is 15.4 Å². The van der Waals surface area contributed by atoms with Gasteiger partial charge in [0.1, 0.15) is 0 Å². The molecule has 3 rings (SSSR count). The van der Waals surface area contributed by atoms with E-state index in [0.29, 0.717) is 18.9 Å². The van der Waals surface area contributed by atoms with Crippen molar-refractivity contribution < 1.29 is 18.3 Å². The fourth-order valence-corrected chi connectivity index (χ4v) is 4.16. The van der Waals surface area contributed by atoms with Crippen LogP contribution in [0.1, 0.15) is 0 Å². The van der Waals surface area contributed by atoms with Gasteiger partial charge in [0.2, 0.25) is 0 Å². The van der Waals surface area contributed by atoms with Crippen molar-refractivity contribution in [2.75, 3.05) is 30.7 Å². The van der Waals surface area contributed by atoms with Gasteiger partial charge in [-0.2, -0.15) is 0 Å². The van der Waals surface area contributed by atoms with Gasteiger partial charge in [-0.1, -0.05) is 36.4 Å². The summed E-state index contributed by atoms with van der Waals surface area (Å²) < 4.78 is 32.7. The Balaban J connectivity index is 2.02. The molecule has 122 valence electrons. The van der Waals surface area contributed by atoms with Crippen LogP contribution in [-0.4, -0.2) is 39.9 Å². The minimum atomic E-state index is -3.71. The summed E-state index contributed by atoms with van der Waals surface area (Å²) >= 11 is 0. The molecule has 1 fully saturated rings. The van der Waals surface area contributed by atoms with E-state index in [9.17, 15) is 13.5 Å². The van der Waals surface area contributed by atoms with Crippen LogP contribution < -0.4 is 4.31 Å². The van der Waals surface area contributed by atoms with E-state index in [4.69, 9.17) is 4.74 Å². The first-order chi connectivity index (χ1) is 11.1. The molecule has 0 unspecified atom stereocenters. The van der Waals surface area contributed by atoms with Crippen LogP contribution in [0.25, 0.3) is 0 Å². The quantitative estimate of drug-likeness (QED) is 0.877. The Hall–Kier alpha value is -1.89. The van der Waals surface area contributed by atoms with Crippen LogP contribution in [0.4, 0.5) is 5.69 Å². The number of anilines is 1. The Kier molecular flexibility index (Phi) is 4.39. The SMILES string of the molecule is O=S(=O)(c1ccccc1)N(CC1(CO)COC1)c1ccccc1. The van der Waals surface area contributed by atoms with Gasteiger partial charge in [0.15, 0.2) is 0 Å². The number of hydrogen-bond acceptors (Lipinski definition) is 4. The summed E-state index contributed by atoms with van der Waals surface area (Å²) in [6.45, 7) is 0.791. The van der Waals surface area contributed by atoms with Crippen LogP contribution in [-0.2, 0) is 14.8 Å². The molecular formula is C17H19NO4S. The van der Waals surface area contributed by atoms with Gasteiger partial charge < -0.3 is 9.84 Å². The van der Waals surface area contributed by atoms with E-state index in [2.05, 4.69) is 0 Å². The van der Waals surface area contributed by atoms with Crippen LogP contribution in [0, 0.1) is 5.41 Å². The number of aliphatic hydroxyl groups excluding tert-OH is 1. The second-order valence-electron chi connectivity index (χ2n) is 5.81. The van der Waals surface area contributed by atoms with Gasteiger partial charge in [0.05, 0.1) is 35.8 Å². The first-order valence-electron chi connectivity index (χ1n) is 7.39. The largest absolute Gasteiger partial charge is 0.396 e. The topological polar surface area (TPSA) is 66.8 Å². The molecule has 0 radical (unpaired) electrons. The molecule has 0 aromatic heterocycles. The first-order valence-corrected chi connectivity index (χ1v) is 8.83. The average molecular weight is 333 g/mol. The minimum absolute atomic E-state index is 0.110. The Morgan fingerprint density at radius 1 is 1.00 bits per heavy atom. The number of ether oxygens (including phenoxy) is 1. The molecule has 23 heavy (non-hydrogen) atoms. The third-order valence-electron chi connectivity index (χ3n) is 4.01. The molecule has 5 nitrogen and oxygen atoms in total. The van der Waals surface area contributed by atoms with E-state index in [0.717, 1.165) is 0 Å². The highest BCUT2D eigenvalue weighted by Crippen LogP contribution is 2.33. The van der Waals surface area contributed by atoms with Gasteiger partial charge in [0, 0.05) is 6.54 Å². The van der Waals surface area contributed by atoms with Gasteiger partial charge in [0.25, 0.3) is 10.0 Å². The lowest BCUT2D eigenvalue weighted by molar-refractivity contribution is -0.129. The molecule has 6 heteroatoms.